The fourth-order valence-corrected chi connectivity index (χ4v) is 2.74. The number of nitrogens with zero attached hydrogens (tertiary/aromatic N) is 1. The molecule has 0 saturated heterocycles. The second kappa shape index (κ2) is 4.77. The van der Waals surface area contributed by atoms with E-state index >= 15 is 0 Å². The lowest BCUT2D eigenvalue weighted by Crippen LogP contribution is -2.22. The minimum absolute atomic E-state index is 0.822. The Morgan fingerprint density at radius 1 is 0.929 bits per heavy atom. The van der Waals surface area contributed by atoms with Crippen molar-refractivity contribution < 1.29 is 4.58 Å². The van der Waals surface area contributed by atoms with Gasteiger partial charge in [-0.05, 0) is 24.8 Å². The van der Waals surface area contributed by atoms with Crippen molar-refractivity contribution in [3.05, 3.63) is 12.3 Å². The predicted molar refractivity (Wildman–Crippen MR) is 60.7 cm³/mol. The van der Waals surface area contributed by atoms with Gasteiger partial charge in [0.2, 0.25) is 0 Å². The van der Waals surface area contributed by atoms with E-state index in [0.29, 0.717) is 0 Å². The maximum atomic E-state index is 2.43. The third-order valence-corrected chi connectivity index (χ3v) is 3.62. The lowest BCUT2D eigenvalue weighted by Gasteiger charge is -2.20. The van der Waals surface area contributed by atoms with Crippen LogP contribution >= 0.6 is 0 Å². The molecule has 0 amide bonds. The van der Waals surface area contributed by atoms with Gasteiger partial charge in [-0.15, -0.1) is 0 Å². The largest absolute Gasteiger partial charge is 0.212 e. The van der Waals surface area contributed by atoms with Gasteiger partial charge in [-0.1, -0.05) is 32.1 Å². The second-order valence-electron chi connectivity index (χ2n) is 4.83. The summed E-state index contributed by atoms with van der Waals surface area (Å²) >= 11 is 0. The van der Waals surface area contributed by atoms with Gasteiger partial charge in [0.25, 0.3) is 0 Å². The molecule has 1 aliphatic heterocycles. The quantitative estimate of drug-likeness (QED) is 0.518. The molecule has 14 heavy (non-hydrogen) atoms. The van der Waals surface area contributed by atoms with E-state index in [4.69, 9.17) is 0 Å². The fourth-order valence-electron chi connectivity index (χ4n) is 2.74. The van der Waals surface area contributed by atoms with Crippen molar-refractivity contribution in [3.63, 3.8) is 0 Å². The van der Waals surface area contributed by atoms with Gasteiger partial charge in [0.05, 0.1) is 0 Å². The molecule has 2 unspecified atom stereocenters. The summed E-state index contributed by atoms with van der Waals surface area (Å²) in [6.45, 7) is 0. The summed E-state index contributed by atoms with van der Waals surface area (Å²) in [5.74, 6) is 1.66. The predicted octanol–water partition coefficient (Wildman–Crippen LogP) is 3.20. The number of hydrogen-bond acceptors (Lipinski definition) is 0. The van der Waals surface area contributed by atoms with Crippen LogP contribution in [-0.4, -0.2) is 17.8 Å². The van der Waals surface area contributed by atoms with Crippen molar-refractivity contribution in [1.29, 1.82) is 0 Å². The van der Waals surface area contributed by atoms with Crippen LogP contribution in [-0.2, 0) is 0 Å². The summed E-state index contributed by atoms with van der Waals surface area (Å²) in [7, 11) is 2.15. The molecule has 0 aromatic rings. The molecule has 1 saturated carbocycles. The normalized spacial score (nSPS) is 33.6. The molecule has 0 aromatic carbocycles. The molecular weight excluding hydrogens is 170 g/mol. The van der Waals surface area contributed by atoms with Gasteiger partial charge < -0.3 is 0 Å². The van der Waals surface area contributed by atoms with Crippen LogP contribution in [0.25, 0.3) is 0 Å². The smallest absolute Gasteiger partial charge is 0.164 e. The zero-order chi connectivity index (χ0) is 9.80. The Balaban J connectivity index is 2.03. The molecule has 1 nitrogen and oxygen atoms in total. The Labute approximate surface area is 87.5 Å². The molecule has 0 radical (unpaired) electrons. The van der Waals surface area contributed by atoms with Gasteiger partial charge in [0, 0.05) is 5.92 Å². The maximum absolute atomic E-state index is 2.43. The molecule has 2 atom stereocenters. The number of rotatable bonds is 0. The van der Waals surface area contributed by atoms with Crippen molar-refractivity contribution in [1.82, 2.24) is 0 Å². The Morgan fingerprint density at radius 3 is 2.36 bits per heavy atom. The molecule has 1 heterocycles. The van der Waals surface area contributed by atoms with E-state index in [2.05, 4.69) is 30.1 Å². The lowest BCUT2D eigenvalue weighted by molar-refractivity contribution is -0.422. The zero-order valence-electron chi connectivity index (χ0n) is 9.28. The van der Waals surface area contributed by atoms with Crippen molar-refractivity contribution in [3.8, 4) is 0 Å². The molecule has 1 aliphatic carbocycles. The average molecular weight is 192 g/mol. The standard InChI is InChI=1S/C13H22N/c1-14-10-9-12-7-5-3-2-4-6-8-13(12)11-14/h9-13H,2-8H2,1H3/q+1. The first-order valence-corrected chi connectivity index (χ1v) is 6.11. The van der Waals surface area contributed by atoms with E-state index in [1.807, 2.05) is 0 Å². The van der Waals surface area contributed by atoms with E-state index in [1.165, 1.54) is 44.9 Å². The molecule has 1 heteroatoms. The second-order valence-corrected chi connectivity index (χ2v) is 4.83. The van der Waals surface area contributed by atoms with Crippen molar-refractivity contribution >= 4 is 6.21 Å². The van der Waals surface area contributed by atoms with E-state index < -0.39 is 0 Å². The molecule has 1 fully saturated rings. The number of allylic oxidation sites excluding steroid dienone is 1. The minimum Gasteiger partial charge on any atom is -0.212 e. The van der Waals surface area contributed by atoms with Gasteiger partial charge in [0.1, 0.15) is 13.3 Å². The molecule has 0 N–H and O–H groups in total. The first-order valence-electron chi connectivity index (χ1n) is 6.11. The topological polar surface area (TPSA) is 3.01 Å². The fraction of sp³-hybridized carbons (Fsp3) is 0.769. The van der Waals surface area contributed by atoms with Gasteiger partial charge in [-0.25, -0.2) is 4.58 Å². The molecule has 0 spiro atoms. The summed E-state index contributed by atoms with van der Waals surface area (Å²) in [5.41, 5.74) is 0. The molecule has 2 rings (SSSR count). The zero-order valence-corrected chi connectivity index (χ0v) is 9.28. The lowest BCUT2D eigenvalue weighted by atomic mass is 9.85. The summed E-state index contributed by atoms with van der Waals surface area (Å²) in [6, 6.07) is 0. The van der Waals surface area contributed by atoms with E-state index in [0.717, 1.165) is 11.8 Å². The third-order valence-electron chi connectivity index (χ3n) is 3.62. The highest BCUT2D eigenvalue weighted by molar-refractivity contribution is 5.57. The summed E-state index contributed by atoms with van der Waals surface area (Å²) in [5, 5.41) is 0. The highest BCUT2D eigenvalue weighted by atomic mass is 14.9. The SMILES string of the molecule is C[N+]1=CC2CCCCCCCC2C=C1. The van der Waals surface area contributed by atoms with E-state index in [-0.39, 0.29) is 0 Å². The molecule has 78 valence electrons. The van der Waals surface area contributed by atoms with Crippen LogP contribution in [0, 0.1) is 11.8 Å². The highest BCUT2D eigenvalue weighted by Crippen LogP contribution is 2.28. The monoisotopic (exact) mass is 192 g/mol. The van der Waals surface area contributed by atoms with Crippen molar-refractivity contribution in [2.24, 2.45) is 11.8 Å². The van der Waals surface area contributed by atoms with Gasteiger partial charge in [-0.3, -0.25) is 0 Å². The minimum atomic E-state index is 0.822. The maximum Gasteiger partial charge on any atom is 0.164 e. The number of fused-ring (bicyclic) bond motifs is 1. The molecule has 0 aromatic heterocycles. The van der Waals surface area contributed by atoms with Crippen LogP contribution in [0.4, 0.5) is 0 Å². The summed E-state index contributed by atoms with van der Waals surface area (Å²) in [6.07, 6.45) is 17.1. The third kappa shape index (κ3) is 2.46. The Bertz CT molecular complexity index is 240. The van der Waals surface area contributed by atoms with Gasteiger partial charge >= 0.3 is 0 Å². The van der Waals surface area contributed by atoms with Crippen LogP contribution < -0.4 is 0 Å². The van der Waals surface area contributed by atoms with Gasteiger partial charge in [-0.2, -0.15) is 0 Å². The van der Waals surface area contributed by atoms with Crippen LogP contribution in [0.2, 0.25) is 0 Å². The first-order chi connectivity index (χ1) is 6.86. The Kier molecular flexibility index (Phi) is 3.39. The van der Waals surface area contributed by atoms with Gasteiger partial charge in [0.15, 0.2) is 6.20 Å². The Hall–Kier alpha value is -0.590. The van der Waals surface area contributed by atoms with E-state index in [1.54, 1.807) is 0 Å². The molecule has 2 aliphatic rings. The summed E-state index contributed by atoms with van der Waals surface area (Å²) < 4.78 is 2.24. The van der Waals surface area contributed by atoms with Crippen LogP contribution in [0.15, 0.2) is 12.3 Å². The average Bonchev–Trinajstić information content (AvgIpc) is 2.29. The highest BCUT2D eigenvalue weighted by Gasteiger charge is 2.24. The van der Waals surface area contributed by atoms with Crippen molar-refractivity contribution in [2.45, 2.75) is 44.9 Å². The first kappa shape index (κ1) is 9.95. The molecular formula is C13H22N+. The number of hydrogen-bond donors (Lipinski definition) is 0. The van der Waals surface area contributed by atoms with E-state index in [9.17, 15) is 0 Å². The van der Waals surface area contributed by atoms with Crippen LogP contribution in [0.1, 0.15) is 44.9 Å². The van der Waals surface area contributed by atoms with Crippen LogP contribution in [0.3, 0.4) is 0 Å². The van der Waals surface area contributed by atoms with Crippen LogP contribution in [0.5, 0.6) is 0 Å². The Morgan fingerprint density at radius 2 is 1.57 bits per heavy atom. The summed E-state index contributed by atoms with van der Waals surface area (Å²) in [4.78, 5) is 0. The van der Waals surface area contributed by atoms with Crippen molar-refractivity contribution in [2.75, 3.05) is 7.05 Å². The molecule has 0 bridgehead atoms.